The van der Waals surface area contributed by atoms with Crippen molar-refractivity contribution in [1.82, 2.24) is 15.4 Å². The number of hydrogen-bond donors (Lipinski definition) is 1. The van der Waals surface area contributed by atoms with Gasteiger partial charge in [0.2, 0.25) is 0 Å². The van der Waals surface area contributed by atoms with Crippen LogP contribution < -0.4 is 5.32 Å². The van der Waals surface area contributed by atoms with E-state index < -0.39 is 0 Å². The number of aromatic nitrogens is 1. The summed E-state index contributed by atoms with van der Waals surface area (Å²) >= 11 is 0. The van der Waals surface area contributed by atoms with Crippen molar-refractivity contribution in [1.29, 1.82) is 0 Å². The van der Waals surface area contributed by atoms with E-state index >= 15 is 0 Å². The molecule has 18 heavy (non-hydrogen) atoms. The molecule has 2 rings (SSSR count). The minimum absolute atomic E-state index is 0.487. The number of piperidine rings is 1. The molecule has 1 aromatic rings. The van der Waals surface area contributed by atoms with E-state index in [0.717, 1.165) is 31.1 Å². The summed E-state index contributed by atoms with van der Waals surface area (Å²) in [7, 11) is 3.78. The van der Waals surface area contributed by atoms with E-state index in [1.807, 2.05) is 6.07 Å². The zero-order chi connectivity index (χ0) is 12.8. The standard InChI is InChI=1S/C13H23N3O2/c1-16(8-11-5-3-4-6-14-11)9-12-7-13(10-17-2)18-15-12/h7,11,14H,3-6,8-10H2,1-2H3. The zero-order valence-electron chi connectivity index (χ0n) is 11.3. The Bertz CT molecular complexity index is 348. The zero-order valence-corrected chi connectivity index (χ0v) is 11.3. The molecule has 5 nitrogen and oxygen atoms in total. The van der Waals surface area contributed by atoms with E-state index in [9.17, 15) is 0 Å². The molecule has 1 N–H and O–H groups in total. The van der Waals surface area contributed by atoms with E-state index in [0.29, 0.717) is 12.6 Å². The highest BCUT2D eigenvalue weighted by molar-refractivity contribution is 5.04. The molecule has 1 aliphatic heterocycles. The lowest BCUT2D eigenvalue weighted by Gasteiger charge is -2.27. The van der Waals surface area contributed by atoms with Gasteiger partial charge < -0.3 is 14.6 Å². The summed E-state index contributed by atoms with van der Waals surface area (Å²) in [6.45, 7) is 3.53. The second-order valence-electron chi connectivity index (χ2n) is 5.06. The third-order valence-corrected chi connectivity index (χ3v) is 3.27. The Morgan fingerprint density at radius 2 is 2.44 bits per heavy atom. The Morgan fingerprint density at radius 1 is 1.56 bits per heavy atom. The SMILES string of the molecule is COCc1cc(CN(C)CC2CCCCN2)no1. The van der Waals surface area contributed by atoms with Crippen molar-refractivity contribution in [2.45, 2.75) is 38.5 Å². The highest BCUT2D eigenvalue weighted by Crippen LogP contribution is 2.10. The van der Waals surface area contributed by atoms with Crippen LogP contribution in [-0.4, -0.2) is 43.3 Å². The van der Waals surface area contributed by atoms with Crippen molar-refractivity contribution in [2.75, 3.05) is 27.2 Å². The minimum atomic E-state index is 0.487. The molecule has 1 fully saturated rings. The van der Waals surface area contributed by atoms with Crippen LogP contribution in [0.2, 0.25) is 0 Å². The Hall–Kier alpha value is -0.910. The van der Waals surface area contributed by atoms with Crippen LogP contribution in [0.25, 0.3) is 0 Å². The van der Waals surface area contributed by atoms with E-state index in [2.05, 4.69) is 22.4 Å². The molecule has 5 heteroatoms. The molecule has 0 radical (unpaired) electrons. The number of methoxy groups -OCH3 is 1. The molecule has 1 saturated heterocycles. The summed E-state index contributed by atoms with van der Waals surface area (Å²) in [4.78, 5) is 2.29. The first-order chi connectivity index (χ1) is 8.78. The van der Waals surface area contributed by atoms with Crippen molar-refractivity contribution in [3.8, 4) is 0 Å². The lowest BCUT2D eigenvalue weighted by Crippen LogP contribution is -2.42. The first-order valence-corrected chi connectivity index (χ1v) is 6.63. The van der Waals surface area contributed by atoms with E-state index in [4.69, 9.17) is 9.26 Å². The number of nitrogens with one attached hydrogen (secondary N) is 1. The van der Waals surface area contributed by atoms with Gasteiger partial charge >= 0.3 is 0 Å². The van der Waals surface area contributed by atoms with E-state index in [1.54, 1.807) is 7.11 Å². The maximum absolute atomic E-state index is 5.18. The van der Waals surface area contributed by atoms with Crippen molar-refractivity contribution in [3.05, 3.63) is 17.5 Å². The number of hydrogen-bond acceptors (Lipinski definition) is 5. The van der Waals surface area contributed by atoms with Gasteiger partial charge in [0.25, 0.3) is 0 Å². The highest BCUT2D eigenvalue weighted by atomic mass is 16.5. The monoisotopic (exact) mass is 253 g/mol. The topological polar surface area (TPSA) is 50.5 Å². The highest BCUT2D eigenvalue weighted by Gasteiger charge is 2.15. The third-order valence-electron chi connectivity index (χ3n) is 3.27. The summed E-state index contributed by atoms with van der Waals surface area (Å²) in [6.07, 6.45) is 3.93. The van der Waals surface area contributed by atoms with Crippen LogP contribution in [-0.2, 0) is 17.9 Å². The molecular weight excluding hydrogens is 230 g/mol. The molecule has 0 aromatic carbocycles. The molecule has 102 valence electrons. The molecular formula is C13H23N3O2. The van der Waals surface area contributed by atoms with Gasteiger partial charge in [-0.15, -0.1) is 0 Å². The first kappa shape index (κ1) is 13.5. The predicted octanol–water partition coefficient (Wildman–Crippen LogP) is 1.39. The average molecular weight is 253 g/mol. The predicted molar refractivity (Wildman–Crippen MR) is 69.2 cm³/mol. The van der Waals surface area contributed by atoms with Crippen LogP contribution in [0.15, 0.2) is 10.6 Å². The number of likely N-dealkylation sites (N-methyl/N-ethyl adjacent to an activating group) is 1. The third kappa shape index (κ3) is 4.08. The van der Waals surface area contributed by atoms with Crippen LogP contribution in [0, 0.1) is 0 Å². The molecule has 0 saturated carbocycles. The number of nitrogens with zero attached hydrogens (tertiary/aromatic N) is 2. The van der Waals surface area contributed by atoms with Gasteiger partial charge in [0.15, 0.2) is 5.76 Å². The van der Waals surface area contributed by atoms with Gasteiger partial charge in [-0.1, -0.05) is 11.6 Å². The molecule has 1 aliphatic rings. The lowest BCUT2D eigenvalue weighted by atomic mass is 10.0. The van der Waals surface area contributed by atoms with Gasteiger partial charge in [-0.05, 0) is 26.4 Å². The average Bonchev–Trinajstić information content (AvgIpc) is 2.78. The Morgan fingerprint density at radius 3 is 3.17 bits per heavy atom. The maximum atomic E-state index is 5.18. The Labute approximate surface area is 108 Å². The Kier molecular flexibility index (Phi) is 5.16. The Balaban J connectivity index is 1.76. The van der Waals surface area contributed by atoms with Gasteiger partial charge in [-0.25, -0.2) is 0 Å². The first-order valence-electron chi connectivity index (χ1n) is 6.63. The molecule has 1 aromatic heterocycles. The number of rotatable bonds is 6. The molecule has 1 unspecified atom stereocenters. The summed E-state index contributed by atoms with van der Waals surface area (Å²) in [6, 6.07) is 2.59. The molecule has 0 bridgehead atoms. The second kappa shape index (κ2) is 6.87. The van der Waals surface area contributed by atoms with Crippen LogP contribution in [0.5, 0.6) is 0 Å². The van der Waals surface area contributed by atoms with Gasteiger partial charge in [-0.2, -0.15) is 0 Å². The smallest absolute Gasteiger partial charge is 0.162 e. The minimum Gasteiger partial charge on any atom is -0.377 e. The van der Waals surface area contributed by atoms with Crippen LogP contribution in [0.4, 0.5) is 0 Å². The van der Waals surface area contributed by atoms with Crippen LogP contribution >= 0.6 is 0 Å². The van der Waals surface area contributed by atoms with Crippen molar-refractivity contribution in [3.63, 3.8) is 0 Å². The van der Waals surface area contributed by atoms with Gasteiger partial charge in [0.1, 0.15) is 6.61 Å². The normalized spacial score (nSPS) is 20.5. The van der Waals surface area contributed by atoms with Crippen LogP contribution in [0.3, 0.4) is 0 Å². The van der Waals surface area contributed by atoms with E-state index in [-0.39, 0.29) is 0 Å². The van der Waals surface area contributed by atoms with Gasteiger partial charge in [0.05, 0.1) is 5.69 Å². The lowest BCUT2D eigenvalue weighted by molar-refractivity contribution is 0.155. The van der Waals surface area contributed by atoms with Gasteiger partial charge in [-0.3, -0.25) is 4.90 Å². The molecule has 1 atom stereocenters. The van der Waals surface area contributed by atoms with Gasteiger partial charge in [0, 0.05) is 32.3 Å². The van der Waals surface area contributed by atoms with Crippen molar-refractivity contribution >= 4 is 0 Å². The summed E-state index contributed by atoms with van der Waals surface area (Å²) in [5.74, 6) is 0.789. The van der Waals surface area contributed by atoms with Crippen molar-refractivity contribution < 1.29 is 9.26 Å². The largest absolute Gasteiger partial charge is 0.377 e. The molecule has 0 aliphatic carbocycles. The fourth-order valence-electron chi connectivity index (χ4n) is 2.44. The fourth-order valence-corrected chi connectivity index (χ4v) is 2.44. The number of ether oxygens (including phenoxy) is 1. The molecule has 0 spiro atoms. The second-order valence-corrected chi connectivity index (χ2v) is 5.06. The molecule has 0 amide bonds. The molecule has 2 heterocycles. The fraction of sp³-hybridized carbons (Fsp3) is 0.769. The summed E-state index contributed by atoms with van der Waals surface area (Å²) in [5, 5.41) is 7.61. The van der Waals surface area contributed by atoms with Crippen molar-refractivity contribution in [2.24, 2.45) is 0 Å². The maximum Gasteiger partial charge on any atom is 0.162 e. The van der Waals surface area contributed by atoms with E-state index in [1.165, 1.54) is 19.3 Å². The van der Waals surface area contributed by atoms with Crippen LogP contribution in [0.1, 0.15) is 30.7 Å². The summed E-state index contributed by atoms with van der Waals surface area (Å²) in [5.41, 5.74) is 0.973. The summed E-state index contributed by atoms with van der Waals surface area (Å²) < 4.78 is 10.2. The quantitative estimate of drug-likeness (QED) is 0.830.